The third kappa shape index (κ3) is 4.86. The average Bonchev–Trinajstić information content (AvgIpc) is 3.18. The minimum atomic E-state index is -2.88. The third-order valence-corrected chi connectivity index (χ3v) is 8.73. The second-order valence-electron chi connectivity index (χ2n) is 11.5. The molecular weight excluding hydrogens is 544 g/mol. The van der Waals surface area contributed by atoms with E-state index < -0.39 is 35.0 Å². The third-order valence-electron chi connectivity index (χ3n) is 8.73. The largest absolute Gasteiger partial charge is 0.491 e. The van der Waals surface area contributed by atoms with Gasteiger partial charge in [0.2, 0.25) is 5.91 Å². The van der Waals surface area contributed by atoms with Gasteiger partial charge in [0, 0.05) is 40.9 Å². The number of carbonyl (C=O) groups is 1. The van der Waals surface area contributed by atoms with E-state index in [1.807, 2.05) is 0 Å². The molecule has 3 aliphatic rings. The maximum absolute atomic E-state index is 13.8. The number of hydrogen-bond acceptors (Lipinski definition) is 6. The van der Waals surface area contributed by atoms with E-state index in [1.165, 1.54) is 35.0 Å². The number of hydrogen-bond donors (Lipinski definition) is 2. The van der Waals surface area contributed by atoms with E-state index in [1.54, 1.807) is 6.92 Å². The second kappa shape index (κ2) is 10.1. The second-order valence-corrected chi connectivity index (χ2v) is 11.5. The molecule has 3 aromatic rings. The molecule has 4 heterocycles. The molecular formula is C29H30F4N4O4. The molecule has 2 aromatic heterocycles. The van der Waals surface area contributed by atoms with E-state index in [0.29, 0.717) is 56.6 Å². The van der Waals surface area contributed by atoms with Crippen LogP contribution in [-0.2, 0) is 10.2 Å². The van der Waals surface area contributed by atoms with Gasteiger partial charge in [-0.1, -0.05) is 6.07 Å². The first kappa shape index (κ1) is 27.6. The quantitative estimate of drug-likeness (QED) is 0.397. The molecule has 2 N–H and O–H groups in total. The lowest BCUT2D eigenvalue weighted by molar-refractivity contribution is -0.122. The summed E-state index contributed by atoms with van der Waals surface area (Å²) >= 11 is 0. The number of likely N-dealkylation sites (tertiary alicyclic amines) is 1. The number of fused-ring (bicyclic) bond motifs is 3. The summed E-state index contributed by atoms with van der Waals surface area (Å²) in [4.78, 5) is 32.0. The van der Waals surface area contributed by atoms with Crippen molar-refractivity contribution in [3.05, 3.63) is 63.6 Å². The molecule has 2 aliphatic heterocycles. The zero-order valence-corrected chi connectivity index (χ0v) is 22.4. The van der Waals surface area contributed by atoms with Gasteiger partial charge in [-0.2, -0.15) is 0 Å². The summed E-state index contributed by atoms with van der Waals surface area (Å²) in [5, 5.41) is 13.1. The normalized spacial score (nSPS) is 23.7. The van der Waals surface area contributed by atoms with Crippen LogP contribution in [0.4, 0.5) is 23.2 Å². The molecule has 1 saturated heterocycles. The molecule has 0 radical (unpaired) electrons. The molecule has 1 aromatic carbocycles. The summed E-state index contributed by atoms with van der Waals surface area (Å²) in [5.41, 5.74) is -1.52. The van der Waals surface area contributed by atoms with Crippen LogP contribution in [0.15, 0.2) is 41.3 Å². The Hall–Kier alpha value is -3.51. The first-order valence-corrected chi connectivity index (χ1v) is 13.6. The van der Waals surface area contributed by atoms with E-state index in [0.717, 1.165) is 6.07 Å². The van der Waals surface area contributed by atoms with Crippen LogP contribution in [-0.4, -0.2) is 57.3 Å². The zero-order valence-electron chi connectivity index (χ0n) is 22.4. The van der Waals surface area contributed by atoms with Gasteiger partial charge >= 0.3 is 0 Å². The predicted molar refractivity (Wildman–Crippen MR) is 143 cm³/mol. The van der Waals surface area contributed by atoms with Crippen molar-refractivity contribution in [2.45, 2.75) is 62.5 Å². The van der Waals surface area contributed by atoms with E-state index >= 15 is 0 Å². The van der Waals surface area contributed by atoms with Crippen molar-refractivity contribution >= 4 is 22.6 Å². The first-order valence-electron chi connectivity index (χ1n) is 13.6. The first-order chi connectivity index (χ1) is 19.5. The number of nitrogens with zero attached hydrogens (tertiary/aromatic N) is 3. The summed E-state index contributed by atoms with van der Waals surface area (Å²) in [6.45, 7) is 3.50. The summed E-state index contributed by atoms with van der Waals surface area (Å²) in [6, 6.07) is 6.36. The number of aromatic nitrogens is 2. The summed E-state index contributed by atoms with van der Waals surface area (Å²) in [7, 11) is 0. The Morgan fingerprint density at radius 2 is 1.83 bits per heavy atom. The molecule has 0 unspecified atom stereocenters. The van der Waals surface area contributed by atoms with Crippen molar-refractivity contribution in [3.63, 3.8) is 0 Å². The Labute approximate surface area is 232 Å². The van der Waals surface area contributed by atoms with Crippen LogP contribution in [0.25, 0.3) is 11.0 Å². The van der Waals surface area contributed by atoms with Gasteiger partial charge in [0.1, 0.15) is 18.0 Å². The lowest BCUT2D eigenvalue weighted by Gasteiger charge is -2.42. The lowest BCUT2D eigenvalue weighted by Crippen LogP contribution is -2.47. The fourth-order valence-electron chi connectivity index (χ4n) is 6.49. The van der Waals surface area contributed by atoms with Crippen molar-refractivity contribution < 1.29 is 32.2 Å². The lowest BCUT2D eigenvalue weighted by atomic mass is 9.73. The molecule has 1 spiro atoms. The van der Waals surface area contributed by atoms with Gasteiger partial charge in [-0.15, -0.1) is 0 Å². The number of amides is 1. The van der Waals surface area contributed by atoms with Crippen LogP contribution in [0.5, 0.6) is 5.75 Å². The molecule has 218 valence electrons. The molecule has 8 nitrogen and oxygen atoms in total. The summed E-state index contributed by atoms with van der Waals surface area (Å²) in [6.07, 6.45) is -2.50. The minimum absolute atomic E-state index is 0.106. The van der Waals surface area contributed by atoms with Gasteiger partial charge in [0.25, 0.3) is 18.4 Å². The molecule has 1 aliphatic carbocycles. The SMILES string of the molecule is CC1(O)CC(n2c(=O)cc(C(F)F)c3cc(OCCN4CCC5(CC4)C(=O)Nc4ccc(C(F)F)cc45)cnc32)C1. The highest BCUT2D eigenvalue weighted by molar-refractivity contribution is 6.06. The molecule has 1 saturated carbocycles. The van der Waals surface area contributed by atoms with Gasteiger partial charge in [-0.05, 0) is 69.5 Å². The van der Waals surface area contributed by atoms with Crippen LogP contribution in [0, 0.1) is 0 Å². The van der Waals surface area contributed by atoms with E-state index in [-0.39, 0.29) is 40.9 Å². The average molecular weight is 575 g/mol. The molecule has 12 heteroatoms. The number of piperidine rings is 1. The number of alkyl halides is 4. The van der Waals surface area contributed by atoms with Gasteiger partial charge in [0.15, 0.2) is 0 Å². The number of halogens is 4. The van der Waals surface area contributed by atoms with Crippen molar-refractivity contribution in [2.75, 3.05) is 31.6 Å². The van der Waals surface area contributed by atoms with Crippen molar-refractivity contribution in [2.24, 2.45) is 0 Å². The summed E-state index contributed by atoms with van der Waals surface area (Å²) in [5.74, 6) is 0.109. The Morgan fingerprint density at radius 3 is 2.49 bits per heavy atom. The minimum Gasteiger partial charge on any atom is -0.491 e. The fourth-order valence-corrected chi connectivity index (χ4v) is 6.49. The Bertz CT molecular complexity index is 1560. The highest BCUT2D eigenvalue weighted by atomic mass is 19.3. The Morgan fingerprint density at radius 1 is 1.10 bits per heavy atom. The number of nitrogens with one attached hydrogen (secondary N) is 1. The molecule has 0 atom stereocenters. The van der Waals surface area contributed by atoms with Crippen LogP contribution in [0.2, 0.25) is 0 Å². The van der Waals surface area contributed by atoms with Gasteiger partial charge < -0.3 is 15.2 Å². The van der Waals surface area contributed by atoms with Crippen LogP contribution in [0.3, 0.4) is 0 Å². The van der Waals surface area contributed by atoms with Crippen molar-refractivity contribution in [3.8, 4) is 5.75 Å². The molecule has 2 fully saturated rings. The number of aliphatic hydroxyl groups is 1. The highest BCUT2D eigenvalue weighted by Gasteiger charge is 2.48. The van der Waals surface area contributed by atoms with Gasteiger partial charge in [-0.3, -0.25) is 19.1 Å². The number of rotatable bonds is 7. The molecule has 41 heavy (non-hydrogen) atoms. The van der Waals surface area contributed by atoms with Gasteiger partial charge in [0.05, 0.1) is 17.2 Å². The van der Waals surface area contributed by atoms with Crippen molar-refractivity contribution in [1.29, 1.82) is 0 Å². The number of pyridine rings is 2. The maximum Gasteiger partial charge on any atom is 0.264 e. The number of benzene rings is 1. The molecule has 1 amide bonds. The van der Waals surface area contributed by atoms with Crippen LogP contribution in [0.1, 0.15) is 68.2 Å². The zero-order chi connectivity index (χ0) is 29.1. The molecule has 0 bridgehead atoms. The Balaban J connectivity index is 1.13. The van der Waals surface area contributed by atoms with Crippen LogP contribution < -0.4 is 15.6 Å². The highest BCUT2D eigenvalue weighted by Crippen LogP contribution is 2.46. The fraction of sp³-hybridized carbons (Fsp3) is 0.483. The smallest absolute Gasteiger partial charge is 0.264 e. The van der Waals surface area contributed by atoms with Gasteiger partial charge in [-0.25, -0.2) is 22.5 Å². The van der Waals surface area contributed by atoms with Crippen LogP contribution >= 0.6 is 0 Å². The van der Waals surface area contributed by atoms with E-state index in [4.69, 9.17) is 4.74 Å². The number of ether oxygens (including phenoxy) is 1. The van der Waals surface area contributed by atoms with E-state index in [9.17, 15) is 32.3 Å². The molecule has 6 rings (SSSR count). The number of anilines is 1. The maximum atomic E-state index is 13.8. The monoisotopic (exact) mass is 574 g/mol. The number of carbonyl (C=O) groups excluding carboxylic acids is 1. The van der Waals surface area contributed by atoms with Crippen molar-refractivity contribution in [1.82, 2.24) is 14.5 Å². The Kier molecular flexibility index (Phi) is 6.80. The predicted octanol–water partition coefficient (Wildman–Crippen LogP) is 4.72. The van der Waals surface area contributed by atoms with E-state index in [2.05, 4.69) is 15.2 Å². The standard InChI is InChI=1S/C29H30F4N4O4/c1-28(40)13-17(14-28)37-23(38)12-19(25(32)33)20-11-18(15-34-26(20)37)41-9-8-36-6-4-29(5-7-36)21-10-16(24(30)31)2-3-22(21)35-27(29)39/h2-3,10-12,15,17,24-25,40H,4-9,13-14H2,1H3,(H,35,39). The topological polar surface area (TPSA) is 96.7 Å². The summed E-state index contributed by atoms with van der Waals surface area (Å²) < 4.78 is 61.5.